The highest BCUT2D eigenvalue weighted by molar-refractivity contribution is 8.22. The Morgan fingerprint density at radius 2 is 1.71 bits per heavy atom. The van der Waals surface area contributed by atoms with Gasteiger partial charge in [0.05, 0.1) is 4.24 Å². The summed E-state index contributed by atoms with van der Waals surface area (Å²) in [6.45, 7) is 3.78. The normalized spacial score (nSPS) is 10.8. The molecule has 0 radical (unpaired) electrons. The lowest BCUT2D eigenvalue weighted by atomic mass is 10.7. The van der Waals surface area contributed by atoms with Gasteiger partial charge in [-0.1, -0.05) is 13.8 Å². The third kappa shape index (κ3) is 3.08. The number of hydrogen-bond donors (Lipinski definition) is 0. The van der Waals surface area contributed by atoms with Gasteiger partial charge in [0, 0.05) is 12.3 Å². The number of nitriles is 1. The number of rotatable bonds is 5. The summed E-state index contributed by atoms with van der Waals surface area (Å²) in [4.78, 5) is 0. The molecule has 0 unspecified atom stereocenters. The van der Waals surface area contributed by atoms with Crippen LogP contribution in [0.5, 0.6) is 0 Å². The van der Waals surface area contributed by atoms with Crippen molar-refractivity contribution in [2.24, 2.45) is 0 Å². The Morgan fingerprint density at radius 3 is 1.93 bits per heavy atom. The van der Waals surface area contributed by atoms with E-state index in [0.29, 0.717) is 17.6 Å². The molecule has 0 atom stereocenters. The van der Waals surface area contributed by atoms with E-state index in [1.54, 1.807) is 0 Å². The highest BCUT2D eigenvalue weighted by Crippen LogP contribution is 2.56. The van der Waals surface area contributed by atoms with Crippen LogP contribution in [0.3, 0.4) is 0 Å². The zero-order valence-corrected chi connectivity index (χ0v) is 11.6. The predicted octanol–water partition coefficient (Wildman–Crippen LogP) is 3.81. The van der Waals surface area contributed by atoms with Crippen LogP contribution in [0.15, 0.2) is 9.55 Å². The Hall–Kier alpha value is 0.160. The summed E-state index contributed by atoms with van der Waals surface area (Å²) in [7, 11) is -2.40. The van der Waals surface area contributed by atoms with Gasteiger partial charge in [0.1, 0.15) is 18.5 Å². The Labute approximate surface area is 94.9 Å². The monoisotopic (exact) mass is 249 g/mol. The average molecular weight is 249 g/mol. The van der Waals surface area contributed by atoms with E-state index in [-0.39, 0.29) is 0 Å². The lowest BCUT2D eigenvalue weighted by Crippen LogP contribution is -1.94. The molecule has 0 aromatic heterocycles. The van der Waals surface area contributed by atoms with Gasteiger partial charge in [-0.05, 0) is 12.5 Å². The molecule has 0 bridgehead atoms. The molecular weight excluding hydrogens is 233 g/mol. The van der Waals surface area contributed by atoms with Crippen molar-refractivity contribution in [3.63, 3.8) is 0 Å². The Balaban J connectivity index is 5.38. The van der Waals surface area contributed by atoms with Crippen LogP contribution in [-0.4, -0.2) is 24.8 Å². The van der Waals surface area contributed by atoms with Crippen LogP contribution in [-0.2, 0) is 4.57 Å². The molecule has 0 aliphatic heterocycles. The third-order valence-corrected chi connectivity index (χ3v) is 7.73. The van der Waals surface area contributed by atoms with Gasteiger partial charge < -0.3 is 4.57 Å². The largest absolute Gasteiger partial charge is 0.318 e. The third-order valence-electron chi connectivity index (χ3n) is 2.10. The minimum atomic E-state index is -2.40. The molecule has 0 aromatic carbocycles. The topological polar surface area (TPSA) is 40.9 Å². The molecule has 2 nitrogen and oxygen atoms in total. The highest BCUT2D eigenvalue weighted by Gasteiger charge is 2.26. The van der Waals surface area contributed by atoms with Crippen molar-refractivity contribution in [3.8, 4) is 6.07 Å². The second kappa shape index (κ2) is 6.61. The highest BCUT2D eigenvalue weighted by atomic mass is 32.2. The van der Waals surface area contributed by atoms with Crippen molar-refractivity contribution in [2.75, 3.05) is 24.8 Å². The van der Waals surface area contributed by atoms with Crippen molar-refractivity contribution in [2.45, 2.75) is 13.8 Å². The maximum absolute atomic E-state index is 12.3. The first kappa shape index (κ1) is 14.2. The van der Waals surface area contributed by atoms with Crippen LogP contribution in [0.4, 0.5) is 0 Å². The molecule has 0 N–H and O–H groups in total. The van der Waals surface area contributed by atoms with Gasteiger partial charge in [-0.25, -0.2) is 0 Å². The first-order valence-electron chi connectivity index (χ1n) is 4.40. The van der Waals surface area contributed by atoms with Gasteiger partial charge in [0.2, 0.25) is 0 Å². The molecule has 0 rings (SSSR count). The summed E-state index contributed by atoms with van der Waals surface area (Å²) in [5.74, 6) is 0. The van der Waals surface area contributed by atoms with E-state index in [1.807, 2.05) is 26.4 Å². The molecule has 0 spiro atoms. The predicted molar refractivity (Wildman–Crippen MR) is 68.4 cm³/mol. The molecule has 0 saturated heterocycles. The molecule has 0 amide bonds. The molecule has 14 heavy (non-hydrogen) atoms. The van der Waals surface area contributed by atoms with E-state index >= 15 is 0 Å². The van der Waals surface area contributed by atoms with Crippen LogP contribution in [0.25, 0.3) is 0 Å². The maximum Gasteiger partial charge on any atom is 0.126 e. The van der Waals surface area contributed by atoms with Crippen LogP contribution < -0.4 is 0 Å². The van der Waals surface area contributed by atoms with Gasteiger partial charge >= 0.3 is 0 Å². The number of hydrogen-bond acceptors (Lipinski definition) is 4. The summed E-state index contributed by atoms with van der Waals surface area (Å²) < 4.78 is 13.2. The Morgan fingerprint density at radius 1 is 1.29 bits per heavy atom. The first-order valence-corrected chi connectivity index (χ1v) is 8.93. The van der Waals surface area contributed by atoms with Crippen molar-refractivity contribution >= 4 is 30.7 Å². The first-order chi connectivity index (χ1) is 6.59. The summed E-state index contributed by atoms with van der Waals surface area (Å²) in [6, 6.07) is 2.12. The average Bonchev–Trinajstić information content (AvgIpc) is 2.24. The molecule has 80 valence electrons. The number of allylic oxidation sites excluding steroid dienone is 1. The van der Waals surface area contributed by atoms with Gasteiger partial charge in [0.25, 0.3) is 0 Å². The van der Waals surface area contributed by atoms with Crippen LogP contribution in [0.1, 0.15) is 13.8 Å². The minimum absolute atomic E-state index is 0.516. The van der Waals surface area contributed by atoms with Crippen LogP contribution >= 0.6 is 30.7 Å². The quantitative estimate of drug-likeness (QED) is 0.549. The fraction of sp³-hybridized carbons (Fsp3) is 0.667. The molecule has 5 heteroatoms. The van der Waals surface area contributed by atoms with Crippen molar-refractivity contribution in [3.05, 3.63) is 9.55 Å². The van der Waals surface area contributed by atoms with Crippen LogP contribution in [0.2, 0.25) is 0 Å². The van der Waals surface area contributed by atoms with E-state index in [4.69, 9.17) is 5.26 Å². The van der Waals surface area contributed by atoms with E-state index in [9.17, 15) is 4.57 Å². The zero-order valence-electron chi connectivity index (χ0n) is 9.03. The number of thioether (sulfide) groups is 2. The summed E-state index contributed by atoms with van der Waals surface area (Å²) in [6.07, 6.45) is 4.99. The Bertz CT molecular complexity index is 292. The lowest BCUT2D eigenvalue weighted by Gasteiger charge is -2.15. The molecular formula is C9H16NOPS2. The maximum atomic E-state index is 12.3. The molecule has 0 fully saturated rings. The van der Waals surface area contributed by atoms with E-state index < -0.39 is 7.14 Å². The second-order valence-corrected chi connectivity index (χ2v) is 8.06. The zero-order chi connectivity index (χ0) is 11.2. The van der Waals surface area contributed by atoms with Gasteiger partial charge in [-0.2, -0.15) is 5.26 Å². The lowest BCUT2D eigenvalue weighted by molar-refractivity contribution is 0.581. The van der Waals surface area contributed by atoms with Gasteiger partial charge in [-0.3, -0.25) is 0 Å². The molecule has 0 heterocycles. The van der Waals surface area contributed by atoms with Gasteiger partial charge in [0.15, 0.2) is 0 Å². The summed E-state index contributed by atoms with van der Waals surface area (Å²) in [5, 5.41) is 9.57. The molecule has 0 aromatic rings. The molecule has 0 aliphatic rings. The van der Waals surface area contributed by atoms with Crippen molar-refractivity contribution in [1.82, 2.24) is 0 Å². The van der Waals surface area contributed by atoms with E-state index in [1.165, 1.54) is 23.5 Å². The summed E-state index contributed by atoms with van der Waals surface area (Å²) >= 11 is 3.02. The van der Waals surface area contributed by atoms with E-state index in [0.717, 1.165) is 4.24 Å². The fourth-order valence-electron chi connectivity index (χ4n) is 1.12. The van der Waals surface area contributed by atoms with Gasteiger partial charge in [-0.15, -0.1) is 23.5 Å². The van der Waals surface area contributed by atoms with Crippen LogP contribution in [0, 0.1) is 11.3 Å². The second-order valence-electron chi connectivity index (χ2n) is 2.68. The van der Waals surface area contributed by atoms with Crippen molar-refractivity contribution in [1.29, 1.82) is 5.26 Å². The Kier molecular flexibility index (Phi) is 6.68. The fourth-order valence-corrected chi connectivity index (χ4v) is 5.40. The smallest absolute Gasteiger partial charge is 0.126 e. The molecule has 0 saturated carbocycles. The summed E-state index contributed by atoms with van der Waals surface area (Å²) in [5.41, 5.74) is 0. The SMILES string of the molecule is CCP(=O)(CC)C(C#N)=C(SC)SC. The minimum Gasteiger partial charge on any atom is -0.318 e. The molecule has 0 aliphatic carbocycles. The van der Waals surface area contributed by atoms with E-state index in [2.05, 4.69) is 6.07 Å². The van der Waals surface area contributed by atoms with Crippen molar-refractivity contribution < 1.29 is 4.57 Å². The standard InChI is InChI=1S/C9H16NOPS2/c1-5-12(11,6-2)8(7-10)9(13-3)14-4/h5-6H2,1-4H3. The number of nitrogens with zero attached hydrogens (tertiary/aromatic N) is 1.